The number of anilines is 1. The molecule has 0 saturated carbocycles. The zero-order valence-electron chi connectivity index (χ0n) is 15.4. The zero-order valence-corrected chi connectivity index (χ0v) is 15.4. The summed E-state index contributed by atoms with van der Waals surface area (Å²) in [6, 6.07) is 14.9. The van der Waals surface area contributed by atoms with E-state index >= 15 is 0 Å². The minimum Gasteiger partial charge on any atom is -0.336 e. The van der Waals surface area contributed by atoms with Crippen LogP contribution in [0.3, 0.4) is 0 Å². The molecule has 5 rings (SSSR count). The number of nitrogens with zero attached hydrogens (tertiary/aromatic N) is 1. The third-order valence-electron chi connectivity index (χ3n) is 6.09. The number of pyridine rings is 1. The number of H-pyrrole nitrogens is 1. The molecule has 2 aromatic carbocycles. The number of nitrogens with one attached hydrogen (secondary N) is 2. The number of aryl methyl sites for hydroxylation is 1. The number of aromatic amines is 1. The molecule has 2 N–H and O–H groups in total. The average Bonchev–Trinajstić information content (AvgIpc) is 3.28. The topological polar surface area (TPSA) is 82.3 Å². The maximum absolute atomic E-state index is 13.2. The number of likely N-dealkylation sites (tertiary alicyclic amines) is 1. The molecule has 0 bridgehead atoms. The molecule has 2 aliphatic rings. The fourth-order valence-corrected chi connectivity index (χ4v) is 4.55. The molecule has 0 radical (unpaired) electrons. The maximum atomic E-state index is 13.2. The number of amides is 2. The van der Waals surface area contributed by atoms with Gasteiger partial charge in [-0.3, -0.25) is 14.4 Å². The van der Waals surface area contributed by atoms with E-state index in [9.17, 15) is 14.4 Å². The molecule has 6 nitrogen and oxygen atoms in total. The van der Waals surface area contributed by atoms with Crippen LogP contribution in [0.25, 0.3) is 10.8 Å². The van der Waals surface area contributed by atoms with Crippen LogP contribution in [0.4, 0.5) is 5.69 Å². The van der Waals surface area contributed by atoms with Crippen LogP contribution in [0, 0.1) is 6.92 Å². The van der Waals surface area contributed by atoms with Gasteiger partial charge in [-0.25, -0.2) is 0 Å². The van der Waals surface area contributed by atoms with Gasteiger partial charge in [-0.15, -0.1) is 0 Å². The van der Waals surface area contributed by atoms with E-state index in [4.69, 9.17) is 0 Å². The van der Waals surface area contributed by atoms with E-state index in [0.717, 1.165) is 22.2 Å². The van der Waals surface area contributed by atoms with Crippen molar-refractivity contribution in [3.05, 3.63) is 75.7 Å². The van der Waals surface area contributed by atoms with Gasteiger partial charge in [0.1, 0.15) is 5.69 Å². The number of para-hydroxylation sites is 1. The molecule has 1 aromatic heterocycles. The molecule has 1 unspecified atom stereocenters. The molecule has 1 atom stereocenters. The van der Waals surface area contributed by atoms with Crippen molar-refractivity contribution in [2.75, 3.05) is 18.4 Å². The molecule has 1 fully saturated rings. The molecule has 2 aliphatic heterocycles. The van der Waals surface area contributed by atoms with Gasteiger partial charge in [0.2, 0.25) is 5.91 Å². The summed E-state index contributed by atoms with van der Waals surface area (Å²) in [5.74, 6) is -0.304. The zero-order chi connectivity index (χ0) is 19.5. The first-order valence-electron chi connectivity index (χ1n) is 9.33. The summed E-state index contributed by atoms with van der Waals surface area (Å²) < 4.78 is 0. The molecule has 1 spiro atoms. The minimum absolute atomic E-state index is 0.0623. The van der Waals surface area contributed by atoms with Crippen LogP contribution in [0.5, 0.6) is 0 Å². The number of carbonyl (C=O) groups excluding carboxylic acids is 2. The molecule has 6 heteroatoms. The second-order valence-electron chi connectivity index (χ2n) is 7.56. The van der Waals surface area contributed by atoms with Crippen molar-refractivity contribution in [3.63, 3.8) is 0 Å². The van der Waals surface area contributed by atoms with Gasteiger partial charge < -0.3 is 15.2 Å². The Balaban J connectivity index is 1.54. The number of rotatable bonds is 1. The number of aromatic nitrogens is 1. The van der Waals surface area contributed by atoms with E-state index in [2.05, 4.69) is 10.3 Å². The molecule has 3 heterocycles. The Morgan fingerprint density at radius 3 is 2.57 bits per heavy atom. The highest BCUT2D eigenvalue weighted by Crippen LogP contribution is 2.44. The summed E-state index contributed by atoms with van der Waals surface area (Å²) in [6.45, 7) is 2.62. The number of hydrogen-bond donors (Lipinski definition) is 2. The molecule has 140 valence electrons. The maximum Gasteiger partial charge on any atom is 0.270 e. The number of hydrogen-bond acceptors (Lipinski definition) is 3. The van der Waals surface area contributed by atoms with E-state index in [0.29, 0.717) is 30.6 Å². The second kappa shape index (κ2) is 5.79. The number of fused-ring (bicyclic) bond motifs is 3. The Kier molecular flexibility index (Phi) is 3.46. The molecular weight excluding hydrogens is 354 g/mol. The summed E-state index contributed by atoms with van der Waals surface area (Å²) in [5, 5.41) is 4.28. The summed E-state index contributed by atoms with van der Waals surface area (Å²) in [7, 11) is 0. The van der Waals surface area contributed by atoms with Crippen molar-refractivity contribution in [1.82, 2.24) is 9.88 Å². The predicted octanol–water partition coefficient (Wildman–Crippen LogP) is 2.57. The van der Waals surface area contributed by atoms with E-state index in [1.54, 1.807) is 17.0 Å². The Morgan fingerprint density at radius 2 is 1.75 bits per heavy atom. The normalized spacial score (nSPS) is 20.6. The summed E-state index contributed by atoms with van der Waals surface area (Å²) in [5.41, 5.74) is 1.82. The summed E-state index contributed by atoms with van der Waals surface area (Å²) >= 11 is 0. The third-order valence-corrected chi connectivity index (χ3v) is 6.09. The van der Waals surface area contributed by atoms with Crippen LogP contribution in [0.15, 0.2) is 53.3 Å². The van der Waals surface area contributed by atoms with Gasteiger partial charge in [-0.2, -0.15) is 0 Å². The van der Waals surface area contributed by atoms with Crippen molar-refractivity contribution in [2.45, 2.75) is 18.8 Å². The van der Waals surface area contributed by atoms with Crippen LogP contribution >= 0.6 is 0 Å². The molecule has 1 saturated heterocycles. The lowest BCUT2D eigenvalue weighted by molar-refractivity contribution is -0.120. The van der Waals surface area contributed by atoms with E-state index in [1.165, 1.54) is 0 Å². The van der Waals surface area contributed by atoms with E-state index in [-0.39, 0.29) is 17.4 Å². The standard InChI is InChI=1S/C22H19N3O3/c1-13-14-6-2-3-7-15(14)19(26)24-18(13)20(27)25-11-10-22(12-25)16-8-4-5-9-17(16)23-21(22)28/h2-9H,10-12H2,1H3,(H,23,28)(H,24,26). The molecule has 28 heavy (non-hydrogen) atoms. The van der Waals surface area contributed by atoms with Crippen molar-refractivity contribution < 1.29 is 9.59 Å². The van der Waals surface area contributed by atoms with Gasteiger partial charge in [0.25, 0.3) is 11.5 Å². The van der Waals surface area contributed by atoms with E-state index in [1.807, 2.05) is 43.3 Å². The van der Waals surface area contributed by atoms with Gasteiger partial charge in [0, 0.05) is 24.2 Å². The SMILES string of the molecule is Cc1c(C(=O)N2CCC3(C2)C(=O)Nc2ccccc23)[nH]c(=O)c2ccccc12. The first-order valence-corrected chi connectivity index (χ1v) is 9.33. The van der Waals surface area contributed by atoms with Crippen molar-refractivity contribution in [2.24, 2.45) is 0 Å². The quantitative estimate of drug-likeness (QED) is 0.688. The highest BCUT2D eigenvalue weighted by Gasteiger charge is 2.52. The molecule has 2 amide bonds. The summed E-state index contributed by atoms with van der Waals surface area (Å²) in [4.78, 5) is 42.9. The Labute approximate surface area is 161 Å². The minimum atomic E-state index is -0.711. The van der Waals surface area contributed by atoms with Crippen molar-refractivity contribution in [1.29, 1.82) is 0 Å². The Hall–Kier alpha value is -3.41. The lowest BCUT2D eigenvalue weighted by atomic mass is 9.81. The van der Waals surface area contributed by atoms with Gasteiger partial charge in [0.15, 0.2) is 0 Å². The van der Waals surface area contributed by atoms with Gasteiger partial charge >= 0.3 is 0 Å². The largest absolute Gasteiger partial charge is 0.336 e. The lowest BCUT2D eigenvalue weighted by Crippen LogP contribution is -2.40. The van der Waals surface area contributed by atoms with Gasteiger partial charge in [-0.05, 0) is 42.0 Å². The fourth-order valence-electron chi connectivity index (χ4n) is 4.55. The first kappa shape index (κ1) is 16.7. The molecule has 0 aliphatic carbocycles. The van der Waals surface area contributed by atoms with Crippen LogP contribution in [-0.2, 0) is 10.2 Å². The highest BCUT2D eigenvalue weighted by atomic mass is 16.2. The van der Waals surface area contributed by atoms with Crippen molar-refractivity contribution in [3.8, 4) is 0 Å². The van der Waals surface area contributed by atoms with Crippen LogP contribution in [0.2, 0.25) is 0 Å². The van der Waals surface area contributed by atoms with Gasteiger partial charge in [0.05, 0.1) is 5.41 Å². The Bertz CT molecular complexity index is 1210. The number of carbonyl (C=O) groups is 2. The van der Waals surface area contributed by atoms with Crippen LogP contribution in [0.1, 0.15) is 28.0 Å². The number of benzene rings is 2. The predicted molar refractivity (Wildman–Crippen MR) is 107 cm³/mol. The fraction of sp³-hybridized carbons (Fsp3) is 0.227. The Morgan fingerprint density at radius 1 is 1.04 bits per heavy atom. The lowest BCUT2D eigenvalue weighted by Gasteiger charge is -2.23. The van der Waals surface area contributed by atoms with E-state index < -0.39 is 5.41 Å². The highest BCUT2D eigenvalue weighted by molar-refractivity contribution is 6.08. The third kappa shape index (κ3) is 2.17. The average molecular weight is 373 g/mol. The second-order valence-corrected chi connectivity index (χ2v) is 7.56. The first-order chi connectivity index (χ1) is 13.5. The smallest absolute Gasteiger partial charge is 0.270 e. The van der Waals surface area contributed by atoms with Gasteiger partial charge in [-0.1, -0.05) is 36.4 Å². The van der Waals surface area contributed by atoms with Crippen LogP contribution < -0.4 is 10.9 Å². The van der Waals surface area contributed by atoms with Crippen molar-refractivity contribution >= 4 is 28.3 Å². The molecular formula is C22H19N3O3. The summed E-state index contributed by atoms with van der Waals surface area (Å²) in [6.07, 6.45) is 0.568. The van der Waals surface area contributed by atoms with Crippen LogP contribution in [-0.4, -0.2) is 34.8 Å². The molecule has 3 aromatic rings. The monoisotopic (exact) mass is 373 g/mol.